The Balaban J connectivity index is 2.17. The summed E-state index contributed by atoms with van der Waals surface area (Å²) in [6.07, 6.45) is 2.11. The molecule has 2 N–H and O–H groups in total. The molecule has 82 valence electrons. The van der Waals surface area contributed by atoms with Crippen molar-refractivity contribution >= 4 is 5.91 Å². The lowest BCUT2D eigenvalue weighted by molar-refractivity contribution is -0.130. The van der Waals surface area contributed by atoms with E-state index in [1.807, 2.05) is 0 Å². The summed E-state index contributed by atoms with van der Waals surface area (Å²) in [6, 6.07) is 0. The standard InChI is InChI=1S/C10H19NO3/c1-7(14-2)10(13)11-6-8-3-4-9(12)5-8/h7-9,12H,3-6H2,1-2H3,(H,11,13). The minimum Gasteiger partial charge on any atom is -0.393 e. The summed E-state index contributed by atoms with van der Waals surface area (Å²) in [5.74, 6) is 0.354. The highest BCUT2D eigenvalue weighted by Gasteiger charge is 2.23. The zero-order valence-electron chi connectivity index (χ0n) is 8.82. The van der Waals surface area contributed by atoms with Crippen molar-refractivity contribution in [3.8, 4) is 0 Å². The zero-order chi connectivity index (χ0) is 10.6. The second kappa shape index (κ2) is 5.32. The van der Waals surface area contributed by atoms with Crippen LogP contribution < -0.4 is 5.32 Å². The Bertz CT molecular complexity index is 196. The van der Waals surface area contributed by atoms with E-state index in [1.54, 1.807) is 6.92 Å². The van der Waals surface area contributed by atoms with Gasteiger partial charge in [0.1, 0.15) is 6.10 Å². The van der Waals surface area contributed by atoms with Crippen LogP contribution in [0.25, 0.3) is 0 Å². The molecular weight excluding hydrogens is 182 g/mol. The highest BCUT2D eigenvalue weighted by atomic mass is 16.5. The second-order valence-corrected chi connectivity index (χ2v) is 3.96. The third-order valence-corrected chi connectivity index (χ3v) is 2.80. The van der Waals surface area contributed by atoms with Crippen LogP contribution in [0.4, 0.5) is 0 Å². The van der Waals surface area contributed by atoms with Gasteiger partial charge in [-0.2, -0.15) is 0 Å². The fraction of sp³-hybridized carbons (Fsp3) is 0.900. The van der Waals surface area contributed by atoms with Crippen molar-refractivity contribution in [2.24, 2.45) is 5.92 Å². The van der Waals surface area contributed by atoms with Crippen molar-refractivity contribution in [1.82, 2.24) is 5.32 Å². The number of amides is 1. The average molecular weight is 201 g/mol. The first kappa shape index (κ1) is 11.5. The lowest BCUT2D eigenvalue weighted by Gasteiger charge is -2.13. The maximum Gasteiger partial charge on any atom is 0.248 e. The quantitative estimate of drug-likeness (QED) is 0.687. The van der Waals surface area contributed by atoms with Gasteiger partial charge in [-0.05, 0) is 32.1 Å². The number of aliphatic hydroxyl groups is 1. The molecule has 4 heteroatoms. The molecule has 0 heterocycles. The topological polar surface area (TPSA) is 58.6 Å². The van der Waals surface area contributed by atoms with Gasteiger partial charge in [-0.3, -0.25) is 4.79 Å². The predicted molar refractivity (Wildman–Crippen MR) is 52.8 cm³/mol. The lowest BCUT2D eigenvalue weighted by atomic mass is 10.1. The van der Waals surface area contributed by atoms with E-state index < -0.39 is 0 Å². The zero-order valence-corrected chi connectivity index (χ0v) is 8.82. The Labute approximate surface area is 84.6 Å². The molecule has 0 aromatic heterocycles. The molecule has 3 unspecified atom stereocenters. The fourth-order valence-electron chi connectivity index (χ4n) is 1.73. The monoisotopic (exact) mass is 201 g/mol. The van der Waals surface area contributed by atoms with Gasteiger partial charge in [0.15, 0.2) is 0 Å². The van der Waals surface area contributed by atoms with Crippen molar-refractivity contribution in [3.63, 3.8) is 0 Å². The van der Waals surface area contributed by atoms with E-state index in [4.69, 9.17) is 4.74 Å². The molecule has 0 aliphatic heterocycles. The molecule has 14 heavy (non-hydrogen) atoms. The van der Waals surface area contributed by atoms with Crippen LogP contribution in [-0.4, -0.2) is 36.9 Å². The van der Waals surface area contributed by atoms with Crippen molar-refractivity contribution in [3.05, 3.63) is 0 Å². The number of rotatable bonds is 4. The molecule has 1 aliphatic rings. The summed E-state index contributed by atoms with van der Waals surface area (Å²) < 4.78 is 4.89. The molecule has 4 nitrogen and oxygen atoms in total. The number of carbonyl (C=O) groups excluding carboxylic acids is 1. The number of nitrogens with one attached hydrogen (secondary N) is 1. The minimum absolute atomic E-state index is 0.0751. The average Bonchev–Trinajstić information content (AvgIpc) is 2.59. The van der Waals surface area contributed by atoms with E-state index >= 15 is 0 Å². The van der Waals surface area contributed by atoms with Gasteiger partial charge in [-0.25, -0.2) is 0 Å². The van der Waals surface area contributed by atoms with Crippen molar-refractivity contribution in [2.45, 2.75) is 38.4 Å². The van der Waals surface area contributed by atoms with E-state index in [-0.39, 0.29) is 18.1 Å². The van der Waals surface area contributed by atoms with Gasteiger partial charge in [-0.1, -0.05) is 0 Å². The summed E-state index contributed by atoms with van der Waals surface area (Å²) in [7, 11) is 1.52. The highest BCUT2D eigenvalue weighted by molar-refractivity contribution is 5.80. The van der Waals surface area contributed by atoms with Crippen LogP contribution in [-0.2, 0) is 9.53 Å². The molecule has 0 bridgehead atoms. The Kier molecular flexibility index (Phi) is 4.35. The van der Waals surface area contributed by atoms with Gasteiger partial charge in [0, 0.05) is 13.7 Å². The number of aliphatic hydroxyl groups excluding tert-OH is 1. The second-order valence-electron chi connectivity index (χ2n) is 3.96. The number of methoxy groups -OCH3 is 1. The normalized spacial score (nSPS) is 28.8. The Morgan fingerprint density at radius 3 is 2.86 bits per heavy atom. The Morgan fingerprint density at radius 2 is 2.36 bits per heavy atom. The van der Waals surface area contributed by atoms with Crippen LogP contribution in [0.1, 0.15) is 26.2 Å². The minimum atomic E-state index is -0.388. The van der Waals surface area contributed by atoms with Gasteiger partial charge in [0.25, 0.3) is 0 Å². The third-order valence-electron chi connectivity index (χ3n) is 2.80. The van der Waals surface area contributed by atoms with Gasteiger partial charge < -0.3 is 15.2 Å². The van der Waals surface area contributed by atoms with Gasteiger partial charge in [0.05, 0.1) is 6.10 Å². The Hall–Kier alpha value is -0.610. The molecule has 0 aromatic carbocycles. The number of hydrogen-bond acceptors (Lipinski definition) is 3. The van der Waals surface area contributed by atoms with Crippen LogP contribution in [0.2, 0.25) is 0 Å². The molecule has 0 aromatic rings. The largest absolute Gasteiger partial charge is 0.393 e. The van der Waals surface area contributed by atoms with Crippen LogP contribution >= 0.6 is 0 Å². The van der Waals surface area contributed by atoms with E-state index in [2.05, 4.69) is 5.32 Å². The maximum atomic E-state index is 11.3. The first-order valence-corrected chi connectivity index (χ1v) is 5.12. The molecule has 3 atom stereocenters. The third kappa shape index (κ3) is 3.27. The summed E-state index contributed by atoms with van der Waals surface area (Å²) in [5, 5.41) is 12.1. The SMILES string of the molecule is COC(C)C(=O)NCC1CCC(O)C1. The highest BCUT2D eigenvalue weighted by Crippen LogP contribution is 2.24. The predicted octanol–water partition coefficient (Wildman–Crippen LogP) is 0.298. The van der Waals surface area contributed by atoms with Gasteiger partial charge in [0.2, 0.25) is 5.91 Å². The first-order valence-electron chi connectivity index (χ1n) is 5.12. The van der Waals surface area contributed by atoms with Crippen molar-refractivity contribution in [2.75, 3.05) is 13.7 Å². The van der Waals surface area contributed by atoms with Gasteiger partial charge in [-0.15, -0.1) is 0 Å². The van der Waals surface area contributed by atoms with E-state index in [1.165, 1.54) is 7.11 Å². The van der Waals surface area contributed by atoms with Crippen LogP contribution in [0, 0.1) is 5.92 Å². The summed E-state index contributed by atoms with van der Waals surface area (Å²) in [5.41, 5.74) is 0. The van der Waals surface area contributed by atoms with Crippen molar-refractivity contribution < 1.29 is 14.6 Å². The van der Waals surface area contributed by atoms with Crippen molar-refractivity contribution in [1.29, 1.82) is 0 Å². The van der Waals surface area contributed by atoms with Crippen LogP contribution in [0.5, 0.6) is 0 Å². The van der Waals surface area contributed by atoms with E-state index in [9.17, 15) is 9.90 Å². The maximum absolute atomic E-state index is 11.3. The smallest absolute Gasteiger partial charge is 0.248 e. The molecule has 0 spiro atoms. The van der Waals surface area contributed by atoms with E-state index in [0.29, 0.717) is 12.5 Å². The molecule has 0 saturated heterocycles. The summed E-state index contributed by atoms with van der Waals surface area (Å²) in [6.45, 7) is 2.38. The molecule has 0 radical (unpaired) electrons. The first-order chi connectivity index (χ1) is 6.63. The lowest BCUT2D eigenvalue weighted by Crippen LogP contribution is -2.36. The number of hydrogen-bond donors (Lipinski definition) is 2. The number of carbonyl (C=O) groups is 1. The molecular formula is C10H19NO3. The van der Waals surface area contributed by atoms with E-state index in [0.717, 1.165) is 19.3 Å². The van der Waals surface area contributed by atoms with Crippen LogP contribution in [0.3, 0.4) is 0 Å². The Morgan fingerprint density at radius 1 is 1.64 bits per heavy atom. The van der Waals surface area contributed by atoms with Gasteiger partial charge >= 0.3 is 0 Å². The molecule has 1 aliphatic carbocycles. The molecule has 1 fully saturated rings. The molecule has 1 saturated carbocycles. The number of ether oxygens (including phenoxy) is 1. The molecule has 1 amide bonds. The summed E-state index contributed by atoms with van der Waals surface area (Å²) >= 11 is 0. The fourth-order valence-corrected chi connectivity index (χ4v) is 1.73. The van der Waals surface area contributed by atoms with Crippen LogP contribution in [0.15, 0.2) is 0 Å². The summed E-state index contributed by atoms with van der Waals surface area (Å²) in [4.78, 5) is 11.3. The molecule has 1 rings (SSSR count).